The van der Waals surface area contributed by atoms with Gasteiger partial charge in [0.1, 0.15) is 0 Å². The fraction of sp³-hybridized carbons (Fsp3) is 0.235. The van der Waals surface area contributed by atoms with Gasteiger partial charge in [0.05, 0.1) is 11.0 Å². The summed E-state index contributed by atoms with van der Waals surface area (Å²) in [6, 6.07) is 15.0. The van der Waals surface area contributed by atoms with Gasteiger partial charge in [-0.25, -0.2) is 0 Å². The van der Waals surface area contributed by atoms with Crippen LogP contribution in [0.2, 0.25) is 0 Å². The molecule has 1 N–H and O–H groups in total. The Bertz CT molecular complexity index is 857. The number of rotatable bonds is 2. The summed E-state index contributed by atoms with van der Waals surface area (Å²) in [5.41, 5.74) is 6.64. The third-order valence-corrected chi connectivity index (χ3v) is 4.68. The van der Waals surface area contributed by atoms with Gasteiger partial charge in [0.15, 0.2) is 4.77 Å². The SMILES string of the molecule is Cc1cccc2[nH]c(=S)n(CC3Cc4ccccc43)c12. The molecule has 0 saturated heterocycles. The van der Waals surface area contributed by atoms with Crippen LogP contribution in [0, 0.1) is 11.7 Å². The Morgan fingerprint density at radius 3 is 2.90 bits per heavy atom. The fourth-order valence-corrected chi connectivity index (χ4v) is 3.60. The largest absolute Gasteiger partial charge is 0.331 e. The van der Waals surface area contributed by atoms with Crippen molar-refractivity contribution in [2.75, 3.05) is 0 Å². The van der Waals surface area contributed by atoms with Gasteiger partial charge in [-0.2, -0.15) is 0 Å². The number of fused-ring (bicyclic) bond motifs is 2. The molecule has 3 heteroatoms. The highest BCUT2D eigenvalue weighted by molar-refractivity contribution is 7.71. The summed E-state index contributed by atoms with van der Waals surface area (Å²) in [6.07, 6.45) is 1.16. The Labute approximate surface area is 123 Å². The van der Waals surface area contributed by atoms with E-state index in [1.165, 1.54) is 22.2 Å². The molecule has 2 aromatic carbocycles. The van der Waals surface area contributed by atoms with Gasteiger partial charge in [-0.3, -0.25) is 0 Å². The van der Waals surface area contributed by atoms with E-state index in [2.05, 4.69) is 58.9 Å². The molecule has 100 valence electrons. The minimum absolute atomic E-state index is 0.594. The van der Waals surface area contributed by atoms with Gasteiger partial charge in [-0.05, 0) is 48.3 Å². The maximum absolute atomic E-state index is 5.51. The van der Waals surface area contributed by atoms with Crippen LogP contribution in [0.1, 0.15) is 22.6 Å². The van der Waals surface area contributed by atoms with E-state index in [0.717, 1.165) is 23.3 Å². The molecule has 1 unspecified atom stereocenters. The lowest BCUT2D eigenvalue weighted by molar-refractivity contribution is 0.513. The lowest BCUT2D eigenvalue weighted by Crippen LogP contribution is -2.22. The number of aryl methyl sites for hydroxylation is 1. The summed E-state index contributed by atoms with van der Waals surface area (Å²) in [5.74, 6) is 0.594. The molecule has 1 aliphatic carbocycles. The molecule has 1 atom stereocenters. The number of imidazole rings is 1. The predicted molar refractivity (Wildman–Crippen MR) is 84.7 cm³/mol. The fourth-order valence-electron chi connectivity index (χ4n) is 3.32. The molecule has 3 aromatic rings. The van der Waals surface area contributed by atoms with Crippen molar-refractivity contribution in [3.05, 3.63) is 63.9 Å². The molecular formula is C17H16N2S. The lowest BCUT2D eigenvalue weighted by atomic mass is 9.77. The van der Waals surface area contributed by atoms with Crippen LogP contribution in [-0.2, 0) is 13.0 Å². The first kappa shape index (κ1) is 11.9. The number of benzene rings is 2. The van der Waals surface area contributed by atoms with Gasteiger partial charge in [0.25, 0.3) is 0 Å². The minimum Gasteiger partial charge on any atom is -0.331 e. The lowest BCUT2D eigenvalue weighted by Gasteiger charge is -2.30. The summed E-state index contributed by atoms with van der Waals surface area (Å²) in [7, 11) is 0. The molecule has 0 amide bonds. The molecule has 1 aromatic heterocycles. The molecule has 0 spiro atoms. The highest BCUT2D eigenvalue weighted by Gasteiger charge is 2.26. The van der Waals surface area contributed by atoms with Gasteiger partial charge >= 0.3 is 0 Å². The van der Waals surface area contributed by atoms with Crippen molar-refractivity contribution < 1.29 is 0 Å². The summed E-state index contributed by atoms with van der Waals surface area (Å²) in [4.78, 5) is 3.32. The molecule has 1 heterocycles. The molecule has 0 aliphatic heterocycles. The summed E-state index contributed by atoms with van der Waals surface area (Å²) in [5, 5.41) is 0. The molecule has 0 radical (unpaired) electrons. The normalized spacial score (nSPS) is 16.9. The second-order valence-electron chi connectivity index (χ2n) is 5.61. The average molecular weight is 280 g/mol. The van der Waals surface area contributed by atoms with Crippen LogP contribution in [0.25, 0.3) is 11.0 Å². The van der Waals surface area contributed by atoms with E-state index in [4.69, 9.17) is 12.2 Å². The number of nitrogens with one attached hydrogen (secondary N) is 1. The molecule has 4 rings (SSSR count). The van der Waals surface area contributed by atoms with Gasteiger partial charge < -0.3 is 9.55 Å². The van der Waals surface area contributed by atoms with Crippen LogP contribution < -0.4 is 0 Å². The first-order valence-corrected chi connectivity index (χ1v) is 7.41. The molecule has 20 heavy (non-hydrogen) atoms. The van der Waals surface area contributed by atoms with Crippen molar-refractivity contribution in [1.82, 2.24) is 9.55 Å². The van der Waals surface area contributed by atoms with E-state index in [1.807, 2.05) is 0 Å². The van der Waals surface area contributed by atoms with Gasteiger partial charge in [0, 0.05) is 12.5 Å². The van der Waals surface area contributed by atoms with Gasteiger partial charge in [-0.1, -0.05) is 36.4 Å². The van der Waals surface area contributed by atoms with Crippen molar-refractivity contribution in [1.29, 1.82) is 0 Å². The van der Waals surface area contributed by atoms with Crippen molar-refractivity contribution in [2.45, 2.75) is 25.8 Å². The zero-order valence-electron chi connectivity index (χ0n) is 11.4. The Hall–Kier alpha value is -1.87. The summed E-state index contributed by atoms with van der Waals surface area (Å²) in [6.45, 7) is 3.12. The van der Waals surface area contributed by atoms with Crippen LogP contribution in [-0.4, -0.2) is 9.55 Å². The number of aromatic nitrogens is 2. The highest BCUT2D eigenvalue weighted by Crippen LogP contribution is 2.36. The van der Waals surface area contributed by atoms with E-state index in [0.29, 0.717) is 5.92 Å². The van der Waals surface area contributed by atoms with E-state index >= 15 is 0 Å². The molecule has 2 nitrogen and oxygen atoms in total. The summed E-state index contributed by atoms with van der Waals surface area (Å²) < 4.78 is 3.10. The standard InChI is InChI=1S/C17H16N2S/c1-11-5-4-8-15-16(11)19(17(20)18-15)10-13-9-12-6-2-3-7-14(12)13/h2-8,13H,9-10H2,1H3,(H,18,20). The average Bonchev–Trinajstić information content (AvgIpc) is 2.73. The topological polar surface area (TPSA) is 20.7 Å². The quantitative estimate of drug-likeness (QED) is 0.692. The van der Waals surface area contributed by atoms with Crippen molar-refractivity contribution in [3.63, 3.8) is 0 Å². The van der Waals surface area contributed by atoms with Crippen LogP contribution in [0.3, 0.4) is 0 Å². The Balaban J connectivity index is 1.78. The van der Waals surface area contributed by atoms with E-state index in [1.54, 1.807) is 0 Å². The maximum Gasteiger partial charge on any atom is 0.178 e. The number of hydrogen-bond donors (Lipinski definition) is 1. The van der Waals surface area contributed by atoms with E-state index in [9.17, 15) is 0 Å². The number of para-hydroxylation sites is 1. The molecule has 0 saturated carbocycles. The van der Waals surface area contributed by atoms with Crippen molar-refractivity contribution >= 4 is 23.3 Å². The summed E-state index contributed by atoms with van der Waals surface area (Å²) >= 11 is 5.51. The van der Waals surface area contributed by atoms with Crippen LogP contribution in [0.4, 0.5) is 0 Å². The zero-order valence-corrected chi connectivity index (χ0v) is 12.2. The number of hydrogen-bond acceptors (Lipinski definition) is 1. The van der Waals surface area contributed by atoms with Gasteiger partial charge in [0.2, 0.25) is 0 Å². The van der Waals surface area contributed by atoms with Crippen molar-refractivity contribution in [3.8, 4) is 0 Å². The number of aromatic amines is 1. The Morgan fingerprint density at radius 2 is 2.05 bits per heavy atom. The number of H-pyrrole nitrogens is 1. The zero-order chi connectivity index (χ0) is 13.7. The maximum atomic E-state index is 5.51. The molecule has 0 bridgehead atoms. The Morgan fingerprint density at radius 1 is 1.20 bits per heavy atom. The second kappa shape index (κ2) is 4.32. The highest BCUT2D eigenvalue weighted by atomic mass is 32.1. The number of nitrogens with zero attached hydrogens (tertiary/aromatic N) is 1. The van der Waals surface area contributed by atoms with Gasteiger partial charge in [-0.15, -0.1) is 0 Å². The predicted octanol–water partition coefficient (Wildman–Crippen LogP) is 4.35. The van der Waals surface area contributed by atoms with E-state index in [-0.39, 0.29) is 0 Å². The first-order valence-electron chi connectivity index (χ1n) is 7.00. The van der Waals surface area contributed by atoms with Crippen LogP contribution in [0.15, 0.2) is 42.5 Å². The van der Waals surface area contributed by atoms with Crippen LogP contribution in [0.5, 0.6) is 0 Å². The molecule has 0 fully saturated rings. The van der Waals surface area contributed by atoms with Crippen molar-refractivity contribution in [2.24, 2.45) is 0 Å². The van der Waals surface area contributed by atoms with Crippen LogP contribution >= 0.6 is 12.2 Å². The van der Waals surface area contributed by atoms with E-state index < -0.39 is 0 Å². The molecular weight excluding hydrogens is 264 g/mol. The monoisotopic (exact) mass is 280 g/mol. The minimum atomic E-state index is 0.594. The second-order valence-corrected chi connectivity index (χ2v) is 6.00. The third kappa shape index (κ3) is 1.66. The molecule has 1 aliphatic rings. The third-order valence-electron chi connectivity index (χ3n) is 4.36. The smallest absolute Gasteiger partial charge is 0.178 e. The Kier molecular flexibility index (Phi) is 2.57. The first-order chi connectivity index (χ1) is 9.74.